The van der Waals surface area contributed by atoms with Gasteiger partial charge in [-0.15, -0.1) is 0 Å². The number of aliphatic hydroxyl groups excluding tert-OH is 2. The fourth-order valence-electron chi connectivity index (χ4n) is 9.24. The van der Waals surface area contributed by atoms with E-state index in [1.807, 2.05) is 13.8 Å². The van der Waals surface area contributed by atoms with Gasteiger partial charge in [0.25, 0.3) is 0 Å². The number of esters is 1. The van der Waals surface area contributed by atoms with Crippen LogP contribution >= 0.6 is 0 Å². The Morgan fingerprint density at radius 3 is 2.22 bits per heavy atom. The Labute approximate surface area is 345 Å². The van der Waals surface area contributed by atoms with Crippen molar-refractivity contribution in [3.63, 3.8) is 0 Å². The average Bonchev–Trinajstić information content (AvgIpc) is 3.15. The zero-order chi connectivity index (χ0) is 44.1. The van der Waals surface area contributed by atoms with Gasteiger partial charge in [0.15, 0.2) is 12.6 Å². The largest absolute Gasteiger partial charge is 0.459 e. The number of hydrogen-bond donors (Lipinski definition) is 8. The highest BCUT2D eigenvalue weighted by Gasteiger charge is 2.58. The molecule has 340 valence electrons. The molecule has 9 N–H and O–H groups in total. The Morgan fingerprint density at radius 2 is 1.66 bits per heavy atom. The number of carbonyl (C=O) groups is 2. The number of methoxy groups -OCH3 is 1. The molecule has 3 heterocycles. The number of ether oxygens (including phenoxy) is 6. The van der Waals surface area contributed by atoms with Crippen molar-refractivity contribution < 1.29 is 63.5 Å². The average molecular weight is 835 g/mol. The van der Waals surface area contributed by atoms with E-state index in [9.17, 15) is 35.1 Å². The second-order valence-electron chi connectivity index (χ2n) is 18.2. The lowest BCUT2D eigenvalue weighted by molar-refractivity contribution is -0.336. The maximum atomic E-state index is 14.3. The van der Waals surface area contributed by atoms with E-state index in [2.05, 4.69) is 10.6 Å². The maximum absolute atomic E-state index is 14.3. The summed E-state index contributed by atoms with van der Waals surface area (Å²) in [4.78, 5) is 27.8. The molecule has 3 aliphatic rings. The lowest BCUT2D eigenvalue weighted by Gasteiger charge is -2.53. The van der Waals surface area contributed by atoms with Crippen molar-refractivity contribution in [3.8, 4) is 0 Å². The second-order valence-corrected chi connectivity index (χ2v) is 18.2. The van der Waals surface area contributed by atoms with E-state index in [4.69, 9.17) is 34.2 Å². The van der Waals surface area contributed by atoms with Crippen LogP contribution in [0.15, 0.2) is 0 Å². The summed E-state index contributed by atoms with van der Waals surface area (Å²) in [7, 11) is 2.99. The SMILES string of the molecule is CCCNC[C@]1(O)[C@H](C)O[C@@H](O[C@H]2[C@H](C)[C@@H](O[C@@H]3O[C@H](C)C[C@H](N(C)C(N)=O)[C@H]3O)[C@](C)(O)C[C@@H](C)CN[C@H](C)[C@@H](O)[C@](C)(O)[C@@H](CC)OC(=O)[C@@H]2C)C[C@@]1(C)OC. The van der Waals surface area contributed by atoms with Crippen molar-refractivity contribution in [3.05, 3.63) is 0 Å². The normalized spacial score (nSPS) is 46.4. The van der Waals surface area contributed by atoms with Gasteiger partial charge in [0.1, 0.15) is 35.1 Å². The topological polar surface area (TPSA) is 244 Å². The molecule has 3 rings (SSSR count). The lowest BCUT2D eigenvalue weighted by atomic mass is 9.75. The predicted octanol–water partition coefficient (Wildman–Crippen LogP) is 1.38. The Balaban J connectivity index is 2.18. The molecule has 0 saturated carbocycles. The van der Waals surface area contributed by atoms with Crippen molar-refractivity contribution in [2.24, 2.45) is 23.5 Å². The van der Waals surface area contributed by atoms with Gasteiger partial charge in [-0.3, -0.25) is 4.79 Å². The van der Waals surface area contributed by atoms with Crippen LogP contribution in [0.3, 0.4) is 0 Å². The molecule has 2 amide bonds. The van der Waals surface area contributed by atoms with Gasteiger partial charge >= 0.3 is 12.0 Å². The van der Waals surface area contributed by atoms with Gasteiger partial charge in [0, 0.05) is 39.1 Å². The summed E-state index contributed by atoms with van der Waals surface area (Å²) in [5.74, 6) is -2.94. The van der Waals surface area contributed by atoms with Crippen molar-refractivity contribution >= 4 is 12.0 Å². The monoisotopic (exact) mass is 835 g/mol. The second kappa shape index (κ2) is 20.4. The van der Waals surface area contributed by atoms with Crippen LogP contribution in [0.1, 0.15) is 108 Å². The molecule has 0 aliphatic carbocycles. The number of amides is 2. The third-order valence-corrected chi connectivity index (χ3v) is 13.2. The zero-order valence-electron chi connectivity index (χ0n) is 37.3. The molecule has 3 aliphatic heterocycles. The molecule has 17 nitrogen and oxygen atoms in total. The number of primary amides is 1. The highest BCUT2D eigenvalue weighted by molar-refractivity contribution is 5.73. The molecular weight excluding hydrogens is 756 g/mol. The number of urea groups is 1. The van der Waals surface area contributed by atoms with Gasteiger partial charge in [0.05, 0.1) is 42.0 Å². The van der Waals surface area contributed by atoms with E-state index in [-0.39, 0.29) is 38.1 Å². The van der Waals surface area contributed by atoms with Crippen molar-refractivity contribution in [2.45, 2.75) is 198 Å². The number of carbonyl (C=O) groups excluding carboxylic acids is 2. The van der Waals surface area contributed by atoms with Gasteiger partial charge < -0.3 is 75.2 Å². The van der Waals surface area contributed by atoms with E-state index in [1.165, 1.54) is 26.0 Å². The number of likely N-dealkylation sites (N-methyl/N-ethyl adjacent to an activating group) is 1. The first kappa shape index (κ1) is 50.6. The molecule has 0 unspecified atom stereocenters. The molecular formula is C41H78N4O13. The first-order valence-electron chi connectivity index (χ1n) is 21.2. The molecule has 0 aromatic carbocycles. The summed E-state index contributed by atoms with van der Waals surface area (Å²) >= 11 is 0. The molecule has 0 aromatic heterocycles. The first-order valence-corrected chi connectivity index (χ1v) is 21.2. The number of nitrogens with one attached hydrogen (secondary N) is 2. The summed E-state index contributed by atoms with van der Waals surface area (Å²) in [6.45, 7) is 20.3. The van der Waals surface area contributed by atoms with E-state index in [0.717, 1.165) is 6.42 Å². The molecule has 0 radical (unpaired) electrons. The minimum atomic E-state index is -1.85. The summed E-state index contributed by atoms with van der Waals surface area (Å²) in [5.41, 5.74) is -0.557. The summed E-state index contributed by atoms with van der Waals surface area (Å²) in [5, 5.41) is 65.8. The van der Waals surface area contributed by atoms with E-state index < -0.39 is 114 Å². The van der Waals surface area contributed by atoms with Gasteiger partial charge in [-0.25, -0.2) is 4.79 Å². The van der Waals surface area contributed by atoms with E-state index in [1.54, 1.807) is 55.4 Å². The fraction of sp³-hybridized carbons (Fsp3) is 0.951. The maximum Gasteiger partial charge on any atom is 0.314 e. The number of nitrogens with zero attached hydrogens (tertiary/aromatic N) is 1. The zero-order valence-corrected chi connectivity index (χ0v) is 37.3. The standard InChI is InChI=1S/C41H78N4O13/c1-14-16-43-21-41(52)27(8)55-30(19-39(41,10)53-13)57-32-24(5)34(58-36-31(46)28(17-23(4)54-36)45(12)37(42)49)38(9,50)18-22(3)20-44-26(7)33(47)40(11,51)29(15-2)56-35(48)25(32)6/h22-34,36,43-44,46-47,50-52H,14-21H2,1-13H3,(H2,42,49)/t22-,23-,24+,25-,26-,27+,28+,29-,30+,31-,32+,33-,34-,36+,38-,39-,40-,41+/m1/s1. The van der Waals surface area contributed by atoms with Crippen molar-refractivity contribution in [2.75, 3.05) is 33.8 Å². The molecule has 0 spiro atoms. The van der Waals surface area contributed by atoms with Crippen LogP contribution in [0, 0.1) is 17.8 Å². The van der Waals surface area contributed by atoms with Crippen LogP contribution in [-0.4, -0.2) is 166 Å². The van der Waals surface area contributed by atoms with Gasteiger partial charge in [0.2, 0.25) is 0 Å². The molecule has 17 heteroatoms. The lowest BCUT2D eigenvalue weighted by Crippen LogP contribution is -2.70. The van der Waals surface area contributed by atoms with Gasteiger partial charge in [-0.1, -0.05) is 27.7 Å². The molecule has 3 saturated heterocycles. The van der Waals surface area contributed by atoms with Crippen LogP contribution in [0.25, 0.3) is 0 Å². The number of aliphatic hydroxyl groups is 5. The smallest absolute Gasteiger partial charge is 0.314 e. The minimum Gasteiger partial charge on any atom is -0.459 e. The first-order chi connectivity index (χ1) is 26.8. The van der Waals surface area contributed by atoms with Crippen LogP contribution in [-0.2, 0) is 33.2 Å². The molecule has 18 atom stereocenters. The van der Waals surface area contributed by atoms with Crippen LogP contribution in [0.2, 0.25) is 0 Å². The molecule has 3 fully saturated rings. The number of hydrogen-bond acceptors (Lipinski definition) is 15. The predicted molar refractivity (Wildman–Crippen MR) is 215 cm³/mol. The Kier molecular flexibility index (Phi) is 17.8. The van der Waals surface area contributed by atoms with Crippen molar-refractivity contribution in [1.82, 2.24) is 15.5 Å². The minimum absolute atomic E-state index is 0.0488. The molecule has 0 bridgehead atoms. The Hall–Kier alpha value is -1.74. The molecule has 58 heavy (non-hydrogen) atoms. The van der Waals surface area contributed by atoms with Crippen molar-refractivity contribution in [1.29, 1.82) is 0 Å². The Bertz CT molecular complexity index is 1330. The Morgan fingerprint density at radius 1 is 1.02 bits per heavy atom. The number of cyclic esters (lactones) is 1. The summed E-state index contributed by atoms with van der Waals surface area (Å²) in [6, 6.07) is -2.14. The van der Waals surface area contributed by atoms with Crippen LogP contribution < -0.4 is 16.4 Å². The highest BCUT2D eigenvalue weighted by Crippen LogP contribution is 2.43. The number of nitrogens with two attached hydrogens (primary N) is 1. The highest BCUT2D eigenvalue weighted by atomic mass is 16.7. The third-order valence-electron chi connectivity index (χ3n) is 13.2. The third kappa shape index (κ3) is 11.2. The quantitative estimate of drug-likeness (QED) is 0.108. The summed E-state index contributed by atoms with van der Waals surface area (Å²) < 4.78 is 38.1. The van der Waals surface area contributed by atoms with Gasteiger partial charge in [-0.05, 0) is 93.2 Å². The molecule has 0 aromatic rings. The van der Waals surface area contributed by atoms with Crippen LogP contribution in [0.4, 0.5) is 4.79 Å². The van der Waals surface area contributed by atoms with E-state index in [0.29, 0.717) is 13.1 Å². The van der Waals surface area contributed by atoms with E-state index >= 15 is 0 Å². The van der Waals surface area contributed by atoms with Gasteiger partial charge in [-0.2, -0.15) is 0 Å². The van der Waals surface area contributed by atoms with Crippen LogP contribution in [0.5, 0.6) is 0 Å². The fourth-order valence-corrected chi connectivity index (χ4v) is 9.24. The summed E-state index contributed by atoms with van der Waals surface area (Å²) in [6.07, 6.45) is -8.31. The number of rotatable bonds is 11.